The van der Waals surface area contributed by atoms with Gasteiger partial charge in [-0.3, -0.25) is 0 Å². The zero-order valence-electron chi connectivity index (χ0n) is 9.76. The van der Waals surface area contributed by atoms with E-state index in [1.165, 1.54) is 19.9 Å². The Kier molecular flexibility index (Phi) is 3.52. The summed E-state index contributed by atoms with van der Waals surface area (Å²) in [5.74, 6) is 0. The first kappa shape index (κ1) is 13.6. The summed E-state index contributed by atoms with van der Waals surface area (Å²) in [7, 11) is -4.11. The molecule has 0 aliphatic carbocycles. The molecule has 0 radical (unpaired) electrons. The molecule has 0 saturated carbocycles. The van der Waals surface area contributed by atoms with Crippen molar-refractivity contribution in [1.82, 2.24) is 0 Å². The molecule has 17 heavy (non-hydrogen) atoms. The fourth-order valence-electron chi connectivity index (χ4n) is 1.57. The van der Waals surface area contributed by atoms with Crippen LogP contribution in [-0.4, -0.2) is 19.6 Å². The van der Waals surface area contributed by atoms with Crippen molar-refractivity contribution < 1.29 is 18.3 Å². The first-order valence-electron chi connectivity index (χ1n) is 4.87. The predicted octanol–water partition coefficient (Wildman–Crippen LogP) is 1.25. The number of nitrogens with zero attached hydrogens (tertiary/aromatic N) is 1. The Balaban J connectivity index is 3.70. The minimum atomic E-state index is -4.11. The Morgan fingerprint density at radius 2 is 1.94 bits per heavy atom. The van der Waals surface area contributed by atoms with Crippen LogP contribution in [0.5, 0.6) is 0 Å². The van der Waals surface area contributed by atoms with Gasteiger partial charge in [-0.2, -0.15) is 8.42 Å². The van der Waals surface area contributed by atoms with E-state index in [0.29, 0.717) is 5.56 Å². The summed E-state index contributed by atoms with van der Waals surface area (Å²) in [5, 5.41) is 9.92. The Morgan fingerprint density at radius 3 is 2.41 bits per heavy atom. The number of sulfonamides is 1. The van der Waals surface area contributed by atoms with Gasteiger partial charge in [0.2, 0.25) is 0 Å². The Morgan fingerprint density at radius 1 is 1.35 bits per heavy atom. The van der Waals surface area contributed by atoms with Gasteiger partial charge < -0.3 is 5.11 Å². The van der Waals surface area contributed by atoms with Crippen LogP contribution in [0.1, 0.15) is 25.0 Å². The summed E-state index contributed by atoms with van der Waals surface area (Å²) in [6, 6.07) is 4.69. The molecule has 0 aliphatic heterocycles. The van der Waals surface area contributed by atoms with Crippen molar-refractivity contribution in [3.05, 3.63) is 29.3 Å². The molecular formula is C11H13NO4S. The van der Waals surface area contributed by atoms with Crippen molar-refractivity contribution in [2.75, 3.05) is 0 Å². The standard InChI is InChI=1S/C11H13NO4S/c1-8-5-4-6-9(11(2,3)14)10(8)17(15,16)12-7-13/h4-6,14H,1-3H3. The largest absolute Gasteiger partial charge is 0.386 e. The number of aliphatic hydroxyl groups is 1. The Bertz CT molecular complexity index is 578. The van der Waals surface area contributed by atoms with E-state index in [2.05, 4.69) is 4.40 Å². The van der Waals surface area contributed by atoms with Crippen LogP contribution >= 0.6 is 0 Å². The fraction of sp³-hybridized carbons (Fsp3) is 0.364. The summed E-state index contributed by atoms with van der Waals surface area (Å²) in [6.45, 7) is 4.50. The smallest absolute Gasteiger partial charge is 0.293 e. The molecule has 0 fully saturated rings. The maximum atomic E-state index is 11.8. The van der Waals surface area contributed by atoms with Crippen LogP contribution in [0.15, 0.2) is 27.5 Å². The van der Waals surface area contributed by atoms with Gasteiger partial charge >= 0.3 is 0 Å². The maximum absolute atomic E-state index is 11.8. The second-order valence-corrected chi connectivity index (χ2v) is 5.71. The van der Waals surface area contributed by atoms with Crippen molar-refractivity contribution in [3.8, 4) is 0 Å². The molecule has 0 bridgehead atoms. The minimum absolute atomic E-state index is 0.143. The highest BCUT2D eigenvalue weighted by Crippen LogP contribution is 2.30. The van der Waals surface area contributed by atoms with Crippen LogP contribution in [0, 0.1) is 6.92 Å². The molecule has 0 aromatic heterocycles. The van der Waals surface area contributed by atoms with Crippen molar-refractivity contribution in [2.45, 2.75) is 31.3 Å². The van der Waals surface area contributed by atoms with Gasteiger partial charge in [-0.1, -0.05) is 22.6 Å². The molecule has 5 nitrogen and oxygen atoms in total. The Hall–Kier alpha value is -1.49. The highest BCUT2D eigenvalue weighted by molar-refractivity contribution is 7.90. The topological polar surface area (TPSA) is 83.8 Å². The van der Waals surface area contributed by atoms with E-state index < -0.39 is 15.6 Å². The zero-order valence-corrected chi connectivity index (χ0v) is 10.6. The third-order valence-corrected chi connectivity index (χ3v) is 3.66. The average molecular weight is 255 g/mol. The second-order valence-electron chi connectivity index (χ2n) is 4.17. The fourth-order valence-corrected chi connectivity index (χ4v) is 2.83. The van der Waals surface area contributed by atoms with Crippen molar-refractivity contribution in [3.63, 3.8) is 0 Å². The van der Waals surface area contributed by atoms with E-state index >= 15 is 0 Å². The third-order valence-electron chi connectivity index (χ3n) is 2.29. The van der Waals surface area contributed by atoms with Gasteiger partial charge in [0.1, 0.15) is 0 Å². The summed E-state index contributed by atoms with van der Waals surface area (Å²) < 4.78 is 26.4. The lowest BCUT2D eigenvalue weighted by Crippen LogP contribution is -2.20. The van der Waals surface area contributed by atoms with Gasteiger partial charge in [0.05, 0.1) is 10.5 Å². The molecule has 1 aromatic carbocycles. The van der Waals surface area contributed by atoms with Crippen LogP contribution in [0.4, 0.5) is 0 Å². The van der Waals surface area contributed by atoms with Crippen LogP contribution < -0.4 is 0 Å². The van der Waals surface area contributed by atoms with Crippen molar-refractivity contribution in [1.29, 1.82) is 0 Å². The lowest BCUT2D eigenvalue weighted by atomic mass is 9.97. The summed E-state index contributed by atoms with van der Waals surface area (Å²) in [6.07, 6.45) is 1.02. The third kappa shape index (κ3) is 2.79. The highest BCUT2D eigenvalue weighted by Gasteiger charge is 2.28. The molecule has 0 amide bonds. The van der Waals surface area contributed by atoms with Gasteiger partial charge in [-0.15, -0.1) is 0 Å². The minimum Gasteiger partial charge on any atom is -0.386 e. The first-order chi connectivity index (χ1) is 7.70. The molecule has 6 heteroatoms. The molecule has 1 N–H and O–H groups in total. The van der Waals surface area contributed by atoms with Gasteiger partial charge in [-0.25, -0.2) is 4.79 Å². The lowest BCUT2D eigenvalue weighted by molar-refractivity contribution is 0.0754. The first-order valence-corrected chi connectivity index (χ1v) is 6.31. The predicted molar refractivity (Wildman–Crippen MR) is 61.7 cm³/mol. The van der Waals surface area contributed by atoms with Crippen molar-refractivity contribution in [2.24, 2.45) is 4.40 Å². The van der Waals surface area contributed by atoms with Crippen molar-refractivity contribution >= 4 is 16.1 Å². The molecule has 0 unspecified atom stereocenters. The van der Waals surface area contributed by atoms with Crippen LogP contribution in [0.3, 0.4) is 0 Å². The summed E-state index contributed by atoms with van der Waals surface area (Å²) in [5.41, 5.74) is -0.715. The molecule has 0 saturated heterocycles. The van der Waals surface area contributed by atoms with Crippen LogP contribution in [-0.2, 0) is 20.4 Å². The summed E-state index contributed by atoms with van der Waals surface area (Å²) >= 11 is 0. The molecule has 0 aliphatic rings. The normalized spacial score (nSPS) is 12.0. The zero-order chi connectivity index (χ0) is 13.3. The maximum Gasteiger partial charge on any atom is 0.293 e. The van der Waals surface area contributed by atoms with E-state index in [4.69, 9.17) is 0 Å². The number of hydrogen-bond donors (Lipinski definition) is 1. The number of hydrogen-bond acceptors (Lipinski definition) is 4. The van der Waals surface area contributed by atoms with E-state index in [0.717, 1.165) is 6.08 Å². The highest BCUT2D eigenvalue weighted by atomic mass is 32.2. The number of isocyanates is 1. The molecule has 92 valence electrons. The molecular weight excluding hydrogens is 242 g/mol. The molecule has 0 heterocycles. The Labute approximate surface area is 99.9 Å². The number of benzene rings is 1. The molecule has 0 spiro atoms. The molecule has 0 atom stereocenters. The van der Waals surface area contributed by atoms with Crippen LogP contribution in [0.2, 0.25) is 0 Å². The average Bonchev–Trinajstić information content (AvgIpc) is 2.15. The summed E-state index contributed by atoms with van der Waals surface area (Å²) in [4.78, 5) is 9.99. The van der Waals surface area contributed by atoms with E-state index in [9.17, 15) is 18.3 Å². The molecule has 1 rings (SSSR count). The number of aryl methyl sites for hydroxylation is 1. The van der Waals surface area contributed by atoms with Gasteiger partial charge in [-0.05, 0) is 26.3 Å². The van der Waals surface area contributed by atoms with Gasteiger partial charge in [0, 0.05) is 5.56 Å². The second kappa shape index (κ2) is 4.41. The van der Waals surface area contributed by atoms with E-state index in [1.54, 1.807) is 19.1 Å². The van der Waals surface area contributed by atoms with Crippen LogP contribution in [0.25, 0.3) is 0 Å². The number of rotatable bonds is 3. The quantitative estimate of drug-likeness (QED) is 0.650. The van der Waals surface area contributed by atoms with Gasteiger partial charge in [0.25, 0.3) is 16.1 Å². The monoisotopic (exact) mass is 255 g/mol. The molecule has 1 aromatic rings. The van der Waals surface area contributed by atoms with Gasteiger partial charge in [0.15, 0.2) is 0 Å². The number of carbonyl (C=O) groups excluding carboxylic acids is 1. The lowest BCUT2D eigenvalue weighted by Gasteiger charge is -2.21. The SMILES string of the molecule is Cc1cccc(C(C)(C)O)c1S(=O)(=O)N=C=O. The van der Waals surface area contributed by atoms with E-state index in [1.807, 2.05) is 0 Å². The van der Waals surface area contributed by atoms with E-state index in [-0.39, 0.29) is 10.5 Å².